The molecule has 0 spiro atoms. The summed E-state index contributed by atoms with van der Waals surface area (Å²) >= 11 is 1.60. The highest BCUT2D eigenvalue weighted by atomic mass is 32.1. The fraction of sp³-hybridized carbons (Fsp3) is 0.409. The SMILES string of the molecule is C=CC(C)(C)C(=O)N1CC(O)CC1C(=O)NCc1ccc(-c2scnc2C)cc1. The summed E-state index contributed by atoms with van der Waals surface area (Å²) in [6.07, 6.45) is 1.12. The Bertz CT molecular complexity index is 904. The van der Waals surface area contributed by atoms with Crippen LogP contribution >= 0.6 is 11.3 Å². The lowest BCUT2D eigenvalue weighted by Crippen LogP contribution is -2.49. The number of thiazole rings is 1. The first-order valence-corrected chi connectivity index (χ1v) is 10.5. The minimum absolute atomic E-state index is 0.164. The maximum Gasteiger partial charge on any atom is 0.243 e. The summed E-state index contributed by atoms with van der Waals surface area (Å²) in [6.45, 7) is 9.73. The quantitative estimate of drug-likeness (QED) is 0.714. The first kappa shape index (κ1) is 21.2. The Morgan fingerprint density at radius 3 is 2.66 bits per heavy atom. The molecule has 0 radical (unpaired) electrons. The maximum atomic E-state index is 12.8. The molecule has 7 heteroatoms. The van der Waals surface area contributed by atoms with Crippen LogP contribution in [0.4, 0.5) is 0 Å². The molecule has 1 aliphatic heterocycles. The number of aliphatic hydroxyl groups excluding tert-OH is 1. The van der Waals surface area contributed by atoms with E-state index in [2.05, 4.69) is 16.9 Å². The second-order valence-corrected chi connectivity index (χ2v) is 8.83. The van der Waals surface area contributed by atoms with Crippen LogP contribution in [0, 0.1) is 12.3 Å². The zero-order valence-electron chi connectivity index (χ0n) is 17.0. The van der Waals surface area contributed by atoms with Crippen LogP contribution in [0.1, 0.15) is 31.5 Å². The normalized spacial score (nSPS) is 19.2. The Morgan fingerprint density at radius 2 is 2.07 bits per heavy atom. The zero-order valence-corrected chi connectivity index (χ0v) is 17.8. The maximum absolute atomic E-state index is 12.8. The second kappa shape index (κ2) is 8.47. The Balaban J connectivity index is 1.64. The van der Waals surface area contributed by atoms with Gasteiger partial charge in [0.15, 0.2) is 0 Å². The van der Waals surface area contributed by atoms with Gasteiger partial charge in [0.25, 0.3) is 0 Å². The molecule has 2 N–H and O–H groups in total. The molecular formula is C22H27N3O3S. The molecule has 29 heavy (non-hydrogen) atoms. The van der Waals surface area contributed by atoms with Crippen LogP contribution in [0.2, 0.25) is 0 Å². The Hall–Kier alpha value is -2.51. The van der Waals surface area contributed by atoms with E-state index in [1.807, 2.05) is 36.7 Å². The van der Waals surface area contributed by atoms with Crippen LogP contribution in [0.15, 0.2) is 42.4 Å². The Labute approximate surface area is 175 Å². The van der Waals surface area contributed by atoms with E-state index >= 15 is 0 Å². The molecule has 2 heterocycles. The minimum Gasteiger partial charge on any atom is -0.391 e. The number of hydrogen-bond donors (Lipinski definition) is 2. The zero-order chi connectivity index (χ0) is 21.2. The number of carbonyl (C=O) groups is 2. The van der Waals surface area contributed by atoms with Crippen molar-refractivity contribution in [1.82, 2.24) is 15.2 Å². The van der Waals surface area contributed by atoms with Crippen molar-refractivity contribution in [2.75, 3.05) is 6.54 Å². The van der Waals surface area contributed by atoms with Gasteiger partial charge in [-0.2, -0.15) is 0 Å². The highest BCUT2D eigenvalue weighted by Crippen LogP contribution is 2.28. The molecule has 1 aromatic heterocycles. The number of amides is 2. The smallest absolute Gasteiger partial charge is 0.243 e. The third kappa shape index (κ3) is 4.57. The van der Waals surface area contributed by atoms with Crippen LogP contribution in [-0.4, -0.2) is 45.5 Å². The molecule has 2 aromatic rings. The number of hydrogen-bond acceptors (Lipinski definition) is 5. The van der Waals surface area contributed by atoms with Gasteiger partial charge in [-0.05, 0) is 31.9 Å². The van der Waals surface area contributed by atoms with E-state index in [4.69, 9.17) is 0 Å². The summed E-state index contributed by atoms with van der Waals surface area (Å²) in [6, 6.07) is 7.31. The lowest BCUT2D eigenvalue weighted by molar-refractivity contribution is -0.143. The molecule has 6 nitrogen and oxygen atoms in total. The third-order valence-electron chi connectivity index (χ3n) is 5.33. The lowest BCUT2D eigenvalue weighted by Gasteiger charge is -2.30. The molecule has 2 atom stereocenters. The van der Waals surface area contributed by atoms with E-state index in [-0.39, 0.29) is 24.8 Å². The van der Waals surface area contributed by atoms with E-state index in [1.165, 1.54) is 4.90 Å². The molecule has 1 fully saturated rings. The molecule has 154 valence electrons. The van der Waals surface area contributed by atoms with Gasteiger partial charge in [0, 0.05) is 19.5 Å². The Morgan fingerprint density at radius 1 is 1.38 bits per heavy atom. The van der Waals surface area contributed by atoms with Crippen molar-refractivity contribution in [2.24, 2.45) is 5.41 Å². The van der Waals surface area contributed by atoms with E-state index in [0.717, 1.165) is 21.7 Å². The number of aryl methyl sites for hydroxylation is 1. The van der Waals surface area contributed by atoms with Crippen molar-refractivity contribution >= 4 is 23.2 Å². The molecule has 1 saturated heterocycles. The van der Waals surface area contributed by atoms with Gasteiger partial charge in [0.1, 0.15) is 6.04 Å². The first-order chi connectivity index (χ1) is 13.7. The third-order valence-corrected chi connectivity index (χ3v) is 6.31. The number of likely N-dealkylation sites (tertiary alicyclic amines) is 1. The number of rotatable bonds is 6. The van der Waals surface area contributed by atoms with Crippen molar-refractivity contribution in [3.63, 3.8) is 0 Å². The van der Waals surface area contributed by atoms with Crippen LogP contribution in [-0.2, 0) is 16.1 Å². The number of nitrogens with zero attached hydrogens (tertiary/aromatic N) is 2. The van der Waals surface area contributed by atoms with Crippen molar-refractivity contribution in [1.29, 1.82) is 0 Å². The number of benzene rings is 1. The summed E-state index contributed by atoms with van der Waals surface area (Å²) in [5, 5.41) is 12.9. The van der Waals surface area contributed by atoms with Crippen molar-refractivity contribution < 1.29 is 14.7 Å². The number of nitrogens with one attached hydrogen (secondary N) is 1. The van der Waals surface area contributed by atoms with E-state index < -0.39 is 17.6 Å². The Kier molecular flexibility index (Phi) is 6.19. The predicted molar refractivity (Wildman–Crippen MR) is 114 cm³/mol. The second-order valence-electron chi connectivity index (χ2n) is 7.97. The fourth-order valence-corrected chi connectivity index (χ4v) is 4.22. The minimum atomic E-state index is -0.785. The van der Waals surface area contributed by atoms with Crippen LogP contribution in [0.5, 0.6) is 0 Å². The van der Waals surface area contributed by atoms with Crippen LogP contribution in [0.25, 0.3) is 10.4 Å². The van der Waals surface area contributed by atoms with Gasteiger partial charge < -0.3 is 15.3 Å². The topological polar surface area (TPSA) is 82.5 Å². The van der Waals surface area contributed by atoms with E-state index in [0.29, 0.717) is 6.54 Å². The number of aliphatic hydroxyl groups is 1. The summed E-state index contributed by atoms with van der Waals surface area (Å²) < 4.78 is 0. The molecule has 1 aliphatic rings. The average Bonchev–Trinajstić information content (AvgIpc) is 3.31. The van der Waals surface area contributed by atoms with Gasteiger partial charge in [-0.25, -0.2) is 4.98 Å². The van der Waals surface area contributed by atoms with Gasteiger partial charge in [0.05, 0.1) is 27.6 Å². The van der Waals surface area contributed by atoms with Gasteiger partial charge in [-0.15, -0.1) is 17.9 Å². The number of aromatic nitrogens is 1. The first-order valence-electron chi connectivity index (χ1n) is 9.62. The summed E-state index contributed by atoms with van der Waals surface area (Å²) in [4.78, 5) is 32.4. The molecule has 1 aromatic carbocycles. The van der Waals surface area contributed by atoms with Crippen LogP contribution < -0.4 is 5.32 Å². The average molecular weight is 414 g/mol. The van der Waals surface area contributed by atoms with Gasteiger partial charge in [0.2, 0.25) is 11.8 Å². The van der Waals surface area contributed by atoms with Crippen molar-refractivity contribution in [3.8, 4) is 10.4 Å². The molecule has 2 unspecified atom stereocenters. The highest BCUT2D eigenvalue weighted by Gasteiger charge is 2.42. The van der Waals surface area contributed by atoms with E-state index in [9.17, 15) is 14.7 Å². The lowest BCUT2D eigenvalue weighted by atomic mass is 9.91. The van der Waals surface area contributed by atoms with Crippen LogP contribution in [0.3, 0.4) is 0 Å². The highest BCUT2D eigenvalue weighted by molar-refractivity contribution is 7.13. The van der Waals surface area contributed by atoms with Crippen molar-refractivity contribution in [3.05, 3.63) is 53.7 Å². The van der Waals surface area contributed by atoms with Gasteiger partial charge in [-0.3, -0.25) is 9.59 Å². The van der Waals surface area contributed by atoms with E-state index in [1.54, 1.807) is 31.3 Å². The molecule has 0 aliphatic carbocycles. The van der Waals surface area contributed by atoms with Gasteiger partial charge in [-0.1, -0.05) is 30.3 Å². The molecule has 2 amide bonds. The molecule has 0 saturated carbocycles. The largest absolute Gasteiger partial charge is 0.391 e. The van der Waals surface area contributed by atoms with Crippen molar-refractivity contribution in [2.45, 2.75) is 45.9 Å². The standard InChI is InChI=1S/C22H27N3O3S/c1-5-22(3,4)21(28)25-12-17(26)10-18(25)20(27)23-11-15-6-8-16(9-7-15)19-14(2)24-13-29-19/h5-9,13,17-18,26H,1,10-12H2,2-4H3,(H,23,27). The molecular weight excluding hydrogens is 386 g/mol. The summed E-state index contributed by atoms with van der Waals surface area (Å²) in [5.74, 6) is -0.453. The molecule has 0 bridgehead atoms. The fourth-order valence-electron chi connectivity index (χ4n) is 3.40. The summed E-state index contributed by atoms with van der Waals surface area (Å²) in [7, 11) is 0. The monoisotopic (exact) mass is 413 g/mol. The predicted octanol–water partition coefficient (Wildman–Crippen LogP) is 2.91. The summed E-state index contributed by atoms with van der Waals surface area (Å²) in [5.41, 5.74) is 4.11. The molecule has 3 rings (SSSR count). The number of carbonyl (C=O) groups excluding carboxylic acids is 2. The number of β-amino-alcohol motifs (C(OH)–C–C–N with tert-alkyl or cyclic N) is 1. The van der Waals surface area contributed by atoms with Gasteiger partial charge >= 0.3 is 0 Å².